The van der Waals surface area contributed by atoms with Gasteiger partial charge in [0.25, 0.3) is 5.56 Å². The van der Waals surface area contributed by atoms with E-state index in [1.54, 1.807) is 12.1 Å². The Kier molecular flexibility index (Phi) is 5.74. The SMILES string of the molecule is O=C(OCc1cc(=O)n2c(n1)sc1ccccc12)c1ccc(S(=O)(=O)NCc2ccco2)cc1. The molecule has 0 fully saturated rings. The molecule has 0 aliphatic rings. The van der Waals surface area contributed by atoms with Crippen LogP contribution in [0.4, 0.5) is 0 Å². The van der Waals surface area contributed by atoms with Crippen LogP contribution in [0.5, 0.6) is 0 Å². The lowest BCUT2D eigenvalue weighted by Crippen LogP contribution is -2.23. The third-order valence-corrected chi connectivity index (χ3v) is 7.46. The van der Waals surface area contributed by atoms with Gasteiger partial charge in [0.15, 0.2) is 4.96 Å². The molecule has 0 atom stereocenters. The normalized spacial score (nSPS) is 11.8. The van der Waals surface area contributed by atoms with Gasteiger partial charge in [0.05, 0.1) is 39.2 Å². The Hall–Kier alpha value is -3.80. The van der Waals surface area contributed by atoms with Gasteiger partial charge < -0.3 is 9.15 Å². The van der Waals surface area contributed by atoms with Gasteiger partial charge in [-0.15, -0.1) is 0 Å². The molecule has 0 spiro atoms. The number of sulfonamides is 1. The van der Waals surface area contributed by atoms with Crippen molar-refractivity contribution in [3.63, 3.8) is 0 Å². The van der Waals surface area contributed by atoms with Crippen molar-refractivity contribution in [2.45, 2.75) is 18.0 Å². The zero-order valence-corrected chi connectivity index (χ0v) is 19.1. The van der Waals surface area contributed by atoms with Crippen molar-refractivity contribution >= 4 is 42.5 Å². The molecule has 3 heterocycles. The fourth-order valence-electron chi connectivity index (χ4n) is 3.35. The maximum atomic E-state index is 12.6. The molecule has 0 amide bonds. The number of nitrogens with one attached hydrogen (secondary N) is 1. The summed E-state index contributed by atoms with van der Waals surface area (Å²) in [6.45, 7) is -0.181. The second-order valence-electron chi connectivity index (χ2n) is 7.28. The summed E-state index contributed by atoms with van der Waals surface area (Å²) in [7, 11) is -3.78. The largest absolute Gasteiger partial charge is 0.468 e. The van der Waals surface area contributed by atoms with Crippen LogP contribution in [0.2, 0.25) is 0 Å². The lowest BCUT2D eigenvalue weighted by atomic mass is 10.2. The van der Waals surface area contributed by atoms with E-state index >= 15 is 0 Å². The van der Waals surface area contributed by atoms with E-state index in [-0.39, 0.29) is 29.2 Å². The van der Waals surface area contributed by atoms with Crippen molar-refractivity contribution in [2.24, 2.45) is 0 Å². The first kappa shape index (κ1) is 22.0. The predicted molar refractivity (Wildman–Crippen MR) is 125 cm³/mol. The number of carbonyl (C=O) groups excluding carboxylic acids is 1. The highest BCUT2D eigenvalue weighted by Gasteiger charge is 2.17. The fourth-order valence-corrected chi connectivity index (χ4v) is 5.40. The summed E-state index contributed by atoms with van der Waals surface area (Å²) in [5.41, 5.74) is 1.01. The number of hydrogen-bond acceptors (Lipinski definition) is 8. The number of aromatic nitrogens is 2. The van der Waals surface area contributed by atoms with Crippen LogP contribution >= 0.6 is 11.3 Å². The zero-order chi connectivity index (χ0) is 23.7. The molecule has 0 aliphatic carbocycles. The van der Waals surface area contributed by atoms with E-state index in [1.807, 2.05) is 24.3 Å². The second-order valence-corrected chi connectivity index (χ2v) is 10.1. The average molecular weight is 496 g/mol. The molecule has 0 saturated heterocycles. The van der Waals surface area contributed by atoms with Crippen molar-refractivity contribution in [3.8, 4) is 0 Å². The van der Waals surface area contributed by atoms with Gasteiger partial charge in [-0.1, -0.05) is 23.5 Å². The highest BCUT2D eigenvalue weighted by Crippen LogP contribution is 2.23. The molecule has 5 aromatic rings. The number of furan rings is 1. The standard InChI is InChI=1S/C23H17N3O6S2/c27-21-12-16(25-23-26(21)19-5-1-2-6-20(19)33-23)14-32-22(28)15-7-9-18(10-8-15)34(29,30)24-13-17-4-3-11-31-17/h1-12,24H,13-14H2. The molecule has 172 valence electrons. The minimum absolute atomic E-state index is 0.000470. The minimum Gasteiger partial charge on any atom is -0.468 e. The summed E-state index contributed by atoms with van der Waals surface area (Å²) in [6.07, 6.45) is 1.46. The lowest BCUT2D eigenvalue weighted by molar-refractivity contribution is 0.0467. The summed E-state index contributed by atoms with van der Waals surface area (Å²) in [5.74, 6) is -0.184. The van der Waals surface area contributed by atoms with Gasteiger partial charge >= 0.3 is 5.97 Å². The summed E-state index contributed by atoms with van der Waals surface area (Å²) < 4.78 is 40.1. The monoisotopic (exact) mass is 495 g/mol. The highest BCUT2D eigenvalue weighted by molar-refractivity contribution is 7.89. The van der Waals surface area contributed by atoms with E-state index in [0.717, 1.165) is 10.2 Å². The molecule has 0 aliphatic heterocycles. The van der Waals surface area contributed by atoms with Gasteiger partial charge in [0, 0.05) is 6.07 Å². The van der Waals surface area contributed by atoms with Gasteiger partial charge in [0.2, 0.25) is 10.0 Å². The van der Waals surface area contributed by atoms with E-state index < -0.39 is 16.0 Å². The van der Waals surface area contributed by atoms with E-state index in [1.165, 1.54) is 52.3 Å². The Morgan fingerprint density at radius 2 is 1.88 bits per heavy atom. The molecule has 9 nitrogen and oxygen atoms in total. The fraction of sp³-hybridized carbons (Fsp3) is 0.0870. The van der Waals surface area contributed by atoms with E-state index in [0.29, 0.717) is 16.4 Å². The quantitative estimate of drug-likeness (QED) is 0.344. The van der Waals surface area contributed by atoms with Crippen molar-refractivity contribution in [2.75, 3.05) is 0 Å². The maximum Gasteiger partial charge on any atom is 0.338 e. The molecule has 2 aromatic carbocycles. The number of thiazole rings is 1. The van der Waals surface area contributed by atoms with Crippen molar-refractivity contribution < 1.29 is 22.4 Å². The Labute approximate surface area is 197 Å². The molecule has 34 heavy (non-hydrogen) atoms. The Morgan fingerprint density at radius 3 is 2.65 bits per heavy atom. The van der Waals surface area contributed by atoms with Gasteiger partial charge in [-0.05, 0) is 48.5 Å². The third kappa shape index (κ3) is 4.36. The van der Waals surface area contributed by atoms with Crippen LogP contribution in [0.25, 0.3) is 15.2 Å². The number of nitrogens with zero attached hydrogens (tertiary/aromatic N) is 2. The summed E-state index contributed by atoms with van der Waals surface area (Å²) >= 11 is 1.37. The number of rotatable bonds is 7. The summed E-state index contributed by atoms with van der Waals surface area (Å²) in [4.78, 5) is 30.0. The first-order chi connectivity index (χ1) is 16.4. The average Bonchev–Trinajstić information content (AvgIpc) is 3.49. The maximum absolute atomic E-state index is 12.6. The predicted octanol–water partition coefficient (Wildman–Crippen LogP) is 3.34. The van der Waals surface area contributed by atoms with Gasteiger partial charge in [0.1, 0.15) is 12.4 Å². The summed E-state index contributed by atoms with van der Waals surface area (Å²) in [6, 6.07) is 17.5. The minimum atomic E-state index is -3.78. The number of para-hydroxylation sites is 1. The number of benzene rings is 2. The van der Waals surface area contributed by atoms with Gasteiger partial charge in [-0.2, -0.15) is 0 Å². The zero-order valence-electron chi connectivity index (χ0n) is 17.5. The van der Waals surface area contributed by atoms with Crippen LogP contribution in [0.1, 0.15) is 21.8 Å². The second kappa shape index (κ2) is 8.86. The first-order valence-corrected chi connectivity index (χ1v) is 12.4. The number of fused-ring (bicyclic) bond motifs is 3. The molecule has 11 heteroatoms. The van der Waals surface area contributed by atoms with E-state index in [9.17, 15) is 18.0 Å². The number of ether oxygens (including phenoxy) is 1. The number of carbonyl (C=O) groups is 1. The Balaban J connectivity index is 1.27. The molecule has 3 aromatic heterocycles. The van der Waals surface area contributed by atoms with E-state index in [4.69, 9.17) is 9.15 Å². The number of esters is 1. The van der Waals surface area contributed by atoms with Crippen LogP contribution in [0, 0.1) is 0 Å². The van der Waals surface area contributed by atoms with Crippen molar-refractivity contribution in [1.29, 1.82) is 0 Å². The topological polar surface area (TPSA) is 120 Å². The van der Waals surface area contributed by atoms with Crippen molar-refractivity contribution in [3.05, 3.63) is 100 Å². The molecule has 5 rings (SSSR count). The molecule has 0 bridgehead atoms. The Bertz CT molecular complexity index is 1650. The lowest BCUT2D eigenvalue weighted by Gasteiger charge is -2.07. The Morgan fingerprint density at radius 1 is 1.09 bits per heavy atom. The molecule has 0 saturated carbocycles. The first-order valence-electron chi connectivity index (χ1n) is 10.1. The van der Waals surface area contributed by atoms with Crippen LogP contribution in [0.3, 0.4) is 0 Å². The van der Waals surface area contributed by atoms with Gasteiger partial charge in [-0.3, -0.25) is 9.20 Å². The smallest absolute Gasteiger partial charge is 0.338 e. The van der Waals surface area contributed by atoms with Crippen LogP contribution < -0.4 is 10.3 Å². The highest BCUT2D eigenvalue weighted by atomic mass is 32.2. The summed E-state index contributed by atoms with van der Waals surface area (Å²) in [5, 5.41) is 0. The van der Waals surface area contributed by atoms with Gasteiger partial charge in [-0.25, -0.2) is 22.9 Å². The number of hydrogen-bond donors (Lipinski definition) is 1. The molecular weight excluding hydrogens is 478 g/mol. The van der Waals surface area contributed by atoms with E-state index in [2.05, 4.69) is 9.71 Å². The van der Waals surface area contributed by atoms with Crippen molar-refractivity contribution in [1.82, 2.24) is 14.1 Å². The van der Waals surface area contributed by atoms with Crippen LogP contribution in [-0.4, -0.2) is 23.8 Å². The van der Waals surface area contributed by atoms with Crippen LogP contribution in [0.15, 0.2) is 87.1 Å². The molecule has 0 radical (unpaired) electrons. The third-order valence-electron chi connectivity index (χ3n) is 5.02. The van der Waals surface area contributed by atoms with Crippen LogP contribution in [-0.2, 0) is 27.9 Å². The molecule has 0 unspecified atom stereocenters. The molecular formula is C23H17N3O6S2. The molecule has 1 N–H and O–H groups in total.